The largest absolute Gasteiger partial charge is 0.455 e. The number of fused-ring (bicyclic) bond motifs is 5. The Balaban J connectivity index is 1.68. The molecule has 128 valence electrons. The topological polar surface area (TPSA) is 98.6 Å². The molecule has 2 aromatic rings. The van der Waals surface area contributed by atoms with Crippen LogP contribution in [0.5, 0.6) is 5.75 Å². The summed E-state index contributed by atoms with van der Waals surface area (Å²) in [7, 11) is 0. The van der Waals surface area contributed by atoms with Crippen molar-refractivity contribution in [1.29, 1.82) is 0 Å². The van der Waals surface area contributed by atoms with Crippen LogP contribution in [-0.2, 0) is 11.3 Å². The van der Waals surface area contributed by atoms with Crippen molar-refractivity contribution in [3.8, 4) is 5.75 Å². The Morgan fingerprint density at radius 2 is 2.00 bits per heavy atom. The van der Waals surface area contributed by atoms with E-state index in [-0.39, 0.29) is 5.56 Å². The molecule has 0 amide bonds. The summed E-state index contributed by atoms with van der Waals surface area (Å²) in [6.07, 6.45) is 2.49. The van der Waals surface area contributed by atoms with Gasteiger partial charge in [-0.05, 0) is 42.4 Å². The van der Waals surface area contributed by atoms with Gasteiger partial charge in [-0.25, -0.2) is 0 Å². The second kappa shape index (κ2) is 4.42. The number of benzene rings is 2. The molecule has 1 saturated carbocycles. The van der Waals surface area contributed by atoms with Crippen molar-refractivity contribution in [2.45, 2.75) is 37.0 Å². The highest BCUT2D eigenvalue weighted by atomic mass is 16.6. The van der Waals surface area contributed by atoms with Crippen molar-refractivity contribution in [2.24, 2.45) is 11.7 Å². The van der Waals surface area contributed by atoms with E-state index in [1.807, 2.05) is 18.2 Å². The fourth-order valence-corrected chi connectivity index (χ4v) is 4.37. The van der Waals surface area contributed by atoms with Gasteiger partial charge >= 0.3 is 0 Å². The highest BCUT2D eigenvalue weighted by Gasteiger charge is 2.69. The Hall–Kier alpha value is -2.37. The molecule has 5 rings (SSSR count). The van der Waals surface area contributed by atoms with E-state index < -0.39 is 17.1 Å². The smallest absolute Gasteiger partial charge is 0.265 e. The maximum Gasteiger partial charge on any atom is 0.265 e. The first-order chi connectivity index (χ1) is 11.9. The number of nitrogens with two attached hydrogens (primary N) is 2. The van der Waals surface area contributed by atoms with E-state index in [1.165, 1.54) is 12.8 Å². The summed E-state index contributed by atoms with van der Waals surface area (Å²) in [6, 6.07) is 10.7. The molecule has 0 aromatic heterocycles. The van der Waals surface area contributed by atoms with Crippen molar-refractivity contribution < 1.29 is 14.6 Å². The lowest BCUT2D eigenvalue weighted by atomic mass is 9.83. The third kappa shape index (κ3) is 1.62. The number of anilines is 1. The average molecular weight is 336 g/mol. The Bertz CT molecular complexity index is 937. The number of ketones is 1. The summed E-state index contributed by atoms with van der Waals surface area (Å²) in [5.41, 5.74) is 13.4. The minimum atomic E-state index is -1.92. The van der Waals surface area contributed by atoms with E-state index in [0.29, 0.717) is 34.4 Å². The van der Waals surface area contributed by atoms with Crippen molar-refractivity contribution in [1.82, 2.24) is 0 Å². The first-order valence-corrected chi connectivity index (χ1v) is 8.66. The van der Waals surface area contributed by atoms with Gasteiger partial charge in [-0.2, -0.15) is 0 Å². The van der Waals surface area contributed by atoms with Crippen LogP contribution >= 0.6 is 0 Å². The van der Waals surface area contributed by atoms with Gasteiger partial charge in [0.2, 0.25) is 0 Å². The van der Waals surface area contributed by atoms with Crippen LogP contribution in [0.1, 0.15) is 52.7 Å². The molecular weight excluding hydrogens is 316 g/mol. The molecule has 1 aliphatic heterocycles. The molecule has 3 aliphatic rings. The minimum absolute atomic E-state index is 0.258. The highest BCUT2D eigenvalue weighted by Crippen LogP contribution is 2.58. The van der Waals surface area contributed by atoms with Gasteiger partial charge in [0, 0.05) is 16.8 Å². The zero-order chi connectivity index (χ0) is 17.6. The van der Waals surface area contributed by atoms with Crippen molar-refractivity contribution in [2.75, 3.05) is 5.73 Å². The molecule has 3 atom stereocenters. The SMILES string of the molecule is CC(c1ccc2c(c1)O[C@]1(O)c3cccc(N)c3C(=O)[C@]21N)C1CC1. The number of hydrogen-bond donors (Lipinski definition) is 3. The third-order valence-corrected chi connectivity index (χ3v) is 6.12. The van der Waals surface area contributed by atoms with Gasteiger partial charge in [0.25, 0.3) is 5.79 Å². The van der Waals surface area contributed by atoms with Gasteiger partial charge in [-0.15, -0.1) is 0 Å². The van der Waals surface area contributed by atoms with Crippen LogP contribution in [0.4, 0.5) is 5.69 Å². The molecule has 5 heteroatoms. The van der Waals surface area contributed by atoms with E-state index in [1.54, 1.807) is 18.2 Å². The second-order valence-electron chi connectivity index (χ2n) is 7.53. The van der Waals surface area contributed by atoms with Crippen molar-refractivity contribution >= 4 is 11.5 Å². The van der Waals surface area contributed by atoms with Gasteiger partial charge in [-0.3, -0.25) is 4.79 Å². The standard InChI is InChI=1S/C20H20N2O3/c1-10(11-5-6-11)12-7-8-13-16(9-12)25-20(24)14-3-2-4-15(21)17(14)18(23)19(13,20)22/h2-4,7-11,24H,5-6,21-22H2,1H3/t10?,19-,20-/m1/s1. The lowest BCUT2D eigenvalue weighted by molar-refractivity contribution is -0.162. The molecule has 5 N–H and O–H groups in total. The zero-order valence-electron chi connectivity index (χ0n) is 14.0. The summed E-state index contributed by atoms with van der Waals surface area (Å²) >= 11 is 0. The highest BCUT2D eigenvalue weighted by molar-refractivity contribution is 6.13. The predicted molar refractivity (Wildman–Crippen MR) is 93.2 cm³/mol. The number of carbonyl (C=O) groups excluding carboxylic acids is 1. The fraction of sp³-hybridized carbons (Fsp3) is 0.350. The van der Waals surface area contributed by atoms with Crippen molar-refractivity contribution in [3.63, 3.8) is 0 Å². The molecule has 0 spiro atoms. The zero-order valence-corrected chi connectivity index (χ0v) is 14.0. The van der Waals surface area contributed by atoms with E-state index >= 15 is 0 Å². The maximum absolute atomic E-state index is 13.1. The van der Waals surface area contributed by atoms with E-state index in [4.69, 9.17) is 16.2 Å². The first kappa shape index (κ1) is 14.9. The van der Waals surface area contributed by atoms with E-state index in [2.05, 4.69) is 6.92 Å². The number of rotatable bonds is 2. The number of hydrogen-bond acceptors (Lipinski definition) is 5. The third-order valence-electron chi connectivity index (χ3n) is 6.12. The lowest BCUT2D eigenvalue weighted by Crippen LogP contribution is -2.55. The molecule has 1 fully saturated rings. The molecule has 5 nitrogen and oxygen atoms in total. The number of Topliss-reactive ketones (excluding diaryl/α,β-unsaturated/α-hetero) is 1. The van der Waals surface area contributed by atoms with Crippen LogP contribution in [-0.4, -0.2) is 10.9 Å². The summed E-state index contributed by atoms with van der Waals surface area (Å²) in [6.45, 7) is 2.20. The van der Waals surface area contributed by atoms with E-state index in [9.17, 15) is 9.90 Å². The number of nitrogen functional groups attached to an aromatic ring is 1. The van der Waals surface area contributed by atoms with Gasteiger partial charge in [0.1, 0.15) is 5.75 Å². The Morgan fingerprint density at radius 3 is 2.72 bits per heavy atom. The number of carbonyl (C=O) groups is 1. The summed E-state index contributed by atoms with van der Waals surface area (Å²) in [5, 5.41) is 11.3. The van der Waals surface area contributed by atoms with Gasteiger partial charge in [-0.1, -0.05) is 31.2 Å². The maximum atomic E-state index is 13.1. The first-order valence-electron chi connectivity index (χ1n) is 8.66. The van der Waals surface area contributed by atoms with Gasteiger partial charge < -0.3 is 21.3 Å². The van der Waals surface area contributed by atoms with Crippen LogP contribution in [0, 0.1) is 5.92 Å². The lowest BCUT2D eigenvalue weighted by Gasteiger charge is -2.29. The van der Waals surface area contributed by atoms with Crippen LogP contribution < -0.4 is 16.2 Å². The minimum Gasteiger partial charge on any atom is -0.455 e. The number of aliphatic hydroxyl groups is 1. The van der Waals surface area contributed by atoms with E-state index in [0.717, 1.165) is 5.56 Å². The molecule has 1 heterocycles. The van der Waals surface area contributed by atoms with Crippen molar-refractivity contribution in [3.05, 3.63) is 58.7 Å². The predicted octanol–water partition coefficient (Wildman–Crippen LogP) is 2.37. The van der Waals surface area contributed by atoms with Crippen LogP contribution in [0.3, 0.4) is 0 Å². The molecule has 0 radical (unpaired) electrons. The average Bonchev–Trinajstić information content (AvgIpc) is 3.38. The summed E-state index contributed by atoms with van der Waals surface area (Å²) in [4.78, 5) is 13.1. The summed E-state index contributed by atoms with van der Waals surface area (Å²) < 4.78 is 5.92. The molecule has 25 heavy (non-hydrogen) atoms. The molecular formula is C20H20N2O3. The Labute approximate surface area is 145 Å². The normalized spacial score (nSPS) is 30.4. The molecule has 0 bridgehead atoms. The molecule has 2 aromatic carbocycles. The van der Waals surface area contributed by atoms with Crippen LogP contribution in [0.2, 0.25) is 0 Å². The fourth-order valence-electron chi connectivity index (χ4n) is 4.37. The Morgan fingerprint density at radius 1 is 1.24 bits per heavy atom. The van der Waals surface area contributed by atoms with Gasteiger partial charge in [0.15, 0.2) is 11.3 Å². The molecule has 0 saturated heterocycles. The number of ether oxygens (including phenoxy) is 1. The quantitative estimate of drug-likeness (QED) is 0.731. The van der Waals surface area contributed by atoms with Crippen LogP contribution in [0.15, 0.2) is 36.4 Å². The van der Waals surface area contributed by atoms with Crippen LogP contribution in [0.25, 0.3) is 0 Å². The summed E-state index contributed by atoms with van der Waals surface area (Å²) in [5.74, 6) is -0.702. The Kier molecular flexibility index (Phi) is 2.64. The molecule has 2 aliphatic carbocycles. The second-order valence-corrected chi connectivity index (χ2v) is 7.53. The monoisotopic (exact) mass is 336 g/mol. The van der Waals surface area contributed by atoms with Gasteiger partial charge in [0.05, 0.1) is 5.56 Å². The molecule has 1 unspecified atom stereocenters.